The van der Waals surface area contributed by atoms with Crippen LogP contribution < -0.4 is 5.32 Å². The molecule has 1 rings (SSSR count). The van der Waals surface area contributed by atoms with Crippen LogP contribution in [-0.4, -0.2) is 32.2 Å². The van der Waals surface area contributed by atoms with Crippen LogP contribution in [0.15, 0.2) is 30.3 Å². The first-order valence-electron chi connectivity index (χ1n) is 5.32. The second-order valence-corrected chi connectivity index (χ2v) is 3.66. The fourth-order valence-electron chi connectivity index (χ4n) is 1.30. The van der Waals surface area contributed by atoms with E-state index >= 15 is 0 Å². The molecule has 2 nitrogen and oxygen atoms in total. The summed E-state index contributed by atoms with van der Waals surface area (Å²) < 4.78 is 5.24. The molecule has 0 saturated carbocycles. The van der Waals surface area contributed by atoms with Gasteiger partial charge in [0.25, 0.3) is 0 Å². The molecule has 0 saturated heterocycles. The minimum atomic E-state index is 0.573. The largest absolute Gasteiger partial charge is 0.379 e. The molecule has 0 aliphatic carbocycles. The second kappa shape index (κ2) is 8.72. The monoisotopic (exact) mass is 227 g/mol. The molecule has 0 aliphatic rings. The predicted molar refractivity (Wildman–Crippen MR) is 64.6 cm³/mol. The van der Waals surface area contributed by atoms with Crippen molar-refractivity contribution in [3.63, 3.8) is 0 Å². The standard InChI is InChI=1S/C12H18ClNO/c13-7-10-15-11-9-14-8-6-12-4-2-1-3-5-12/h1-5,14H,6-11H2. The lowest BCUT2D eigenvalue weighted by molar-refractivity contribution is 0.151. The molecule has 0 unspecified atom stereocenters. The van der Waals surface area contributed by atoms with Crippen molar-refractivity contribution in [3.05, 3.63) is 35.9 Å². The third-order valence-corrected chi connectivity index (χ3v) is 2.23. The Balaban J connectivity index is 1.93. The van der Waals surface area contributed by atoms with Crippen molar-refractivity contribution in [3.8, 4) is 0 Å². The van der Waals surface area contributed by atoms with E-state index in [2.05, 4.69) is 29.6 Å². The lowest BCUT2D eigenvalue weighted by atomic mass is 10.1. The van der Waals surface area contributed by atoms with E-state index in [0.29, 0.717) is 12.5 Å². The SMILES string of the molecule is ClCCOCCNCCc1ccccc1. The van der Waals surface area contributed by atoms with Gasteiger partial charge in [0.1, 0.15) is 0 Å². The summed E-state index contributed by atoms with van der Waals surface area (Å²) in [6.45, 7) is 3.27. The number of alkyl halides is 1. The molecule has 1 aromatic rings. The van der Waals surface area contributed by atoms with Crippen LogP contribution in [0.3, 0.4) is 0 Å². The fourth-order valence-corrected chi connectivity index (χ4v) is 1.41. The van der Waals surface area contributed by atoms with E-state index in [0.717, 1.165) is 26.1 Å². The van der Waals surface area contributed by atoms with Gasteiger partial charge in [-0.25, -0.2) is 0 Å². The molecule has 0 atom stereocenters. The summed E-state index contributed by atoms with van der Waals surface area (Å²) in [4.78, 5) is 0. The zero-order valence-corrected chi connectivity index (χ0v) is 9.67. The predicted octanol–water partition coefficient (Wildman–Crippen LogP) is 2.07. The van der Waals surface area contributed by atoms with Crippen LogP contribution >= 0.6 is 11.6 Å². The van der Waals surface area contributed by atoms with Gasteiger partial charge in [-0.15, -0.1) is 11.6 Å². The minimum absolute atomic E-state index is 0.573. The summed E-state index contributed by atoms with van der Waals surface area (Å²) in [6, 6.07) is 10.5. The highest BCUT2D eigenvalue weighted by atomic mass is 35.5. The molecule has 0 amide bonds. The highest BCUT2D eigenvalue weighted by molar-refractivity contribution is 6.17. The minimum Gasteiger partial charge on any atom is -0.379 e. The maximum Gasteiger partial charge on any atom is 0.0602 e. The average molecular weight is 228 g/mol. The quantitative estimate of drug-likeness (QED) is 0.542. The van der Waals surface area contributed by atoms with E-state index in [4.69, 9.17) is 16.3 Å². The Hall–Kier alpha value is -0.570. The van der Waals surface area contributed by atoms with Crippen molar-refractivity contribution in [2.75, 3.05) is 32.2 Å². The van der Waals surface area contributed by atoms with Crippen LogP contribution in [-0.2, 0) is 11.2 Å². The number of hydrogen-bond acceptors (Lipinski definition) is 2. The Labute approximate surface area is 96.6 Å². The van der Waals surface area contributed by atoms with Crippen molar-refractivity contribution in [2.24, 2.45) is 0 Å². The first-order chi connectivity index (χ1) is 7.43. The number of halogens is 1. The summed E-state index contributed by atoms with van der Waals surface area (Å²) in [5.74, 6) is 0.573. The Morgan fingerprint density at radius 1 is 1.07 bits per heavy atom. The van der Waals surface area contributed by atoms with Crippen LogP contribution in [0.4, 0.5) is 0 Å². The molecule has 0 aromatic heterocycles. The van der Waals surface area contributed by atoms with Crippen LogP contribution in [0.1, 0.15) is 5.56 Å². The van der Waals surface area contributed by atoms with Crippen LogP contribution in [0.25, 0.3) is 0 Å². The number of hydrogen-bond donors (Lipinski definition) is 1. The number of benzene rings is 1. The molecule has 3 heteroatoms. The maximum absolute atomic E-state index is 5.48. The molecule has 15 heavy (non-hydrogen) atoms. The van der Waals surface area contributed by atoms with Crippen LogP contribution in [0, 0.1) is 0 Å². The summed E-state index contributed by atoms with van der Waals surface area (Å²) >= 11 is 5.48. The van der Waals surface area contributed by atoms with E-state index in [-0.39, 0.29) is 0 Å². The lowest BCUT2D eigenvalue weighted by Gasteiger charge is -2.05. The molecule has 1 N–H and O–H groups in total. The van der Waals surface area contributed by atoms with E-state index in [1.807, 2.05) is 6.07 Å². The molecular formula is C12H18ClNO. The molecule has 0 bridgehead atoms. The first-order valence-corrected chi connectivity index (χ1v) is 5.85. The fraction of sp³-hybridized carbons (Fsp3) is 0.500. The van der Waals surface area contributed by atoms with E-state index in [1.54, 1.807) is 0 Å². The Morgan fingerprint density at radius 3 is 2.60 bits per heavy atom. The molecule has 0 heterocycles. The van der Waals surface area contributed by atoms with Gasteiger partial charge in [-0.3, -0.25) is 0 Å². The summed E-state index contributed by atoms with van der Waals surface area (Å²) in [7, 11) is 0. The summed E-state index contributed by atoms with van der Waals surface area (Å²) in [5, 5.41) is 3.32. The Morgan fingerprint density at radius 2 is 1.87 bits per heavy atom. The number of ether oxygens (including phenoxy) is 1. The average Bonchev–Trinajstić information content (AvgIpc) is 2.29. The number of rotatable bonds is 8. The smallest absolute Gasteiger partial charge is 0.0602 e. The molecule has 0 aliphatic heterocycles. The molecule has 1 aromatic carbocycles. The highest BCUT2D eigenvalue weighted by Gasteiger charge is 1.91. The normalized spacial score (nSPS) is 10.5. The van der Waals surface area contributed by atoms with E-state index in [1.165, 1.54) is 5.56 Å². The second-order valence-electron chi connectivity index (χ2n) is 3.29. The zero-order valence-electron chi connectivity index (χ0n) is 8.92. The molecule has 0 radical (unpaired) electrons. The third-order valence-electron chi connectivity index (χ3n) is 2.08. The van der Waals surface area contributed by atoms with Crippen molar-refractivity contribution >= 4 is 11.6 Å². The highest BCUT2D eigenvalue weighted by Crippen LogP contribution is 1.97. The molecule has 84 valence electrons. The first kappa shape index (κ1) is 12.5. The van der Waals surface area contributed by atoms with E-state index < -0.39 is 0 Å². The third kappa shape index (κ3) is 6.50. The van der Waals surface area contributed by atoms with Crippen LogP contribution in [0.5, 0.6) is 0 Å². The lowest BCUT2D eigenvalue weighted by Crippen LogP contribution is -2.22. The van der Waals surface area contributed by atoms with Crippen molar-refractivity contribution < 1.29 is 4.74 Å². The van der Waals surface area contributed by atoms with Gasteiger partial charge in [-0.2, -0.15) is 0 Å². The van der Waals surface area contributed by atoms with E-state index in [9.17, 15) is 0 Å². The van der Waals surface area contributed by atoms with Crippen molar-refractivity contribution in [1.29, 1.82) is 0 Å². The maximum atomic E-state index is 5.48. The Kier molecular flexibility index (Phi) is 7.26. The van der Waals surface area contributed by atoms with Gasteiger partial charge in [-0.1, -0.05) is 30.3 Å². The van der Waals surface area contributed by atoms with Gasteiger partial charge in [0, 0.05) is 12.4 Å². The van der Waals surface area contributed by atoms with Gasteiger partial charge in [0.15, 0.2) is 0 Å². The summed E-state index contributed by atoms with van der Waals surface area (Å²) in [5.41, 5.74) is 1.37. The van der Waals surface area contributed by atoms with Gasteiger partial charge < -0.3 is 10.1 Å². The van der Waals surface area contributed by atoms with Crippen molar-refractivity contribution in [1.82, 2.24) is 5.32 Å². The van der Waals surface area contributed by atoms with Gasteiger partial charge in [-0.05, 0) is 18.5 Å². The van der Waals surface area contributed by atoms with Crippen LogP contribution in [0.2, 0.25) is 0 Å². The van der Waals surface area contributed by atoms with Gasteiger partial charge in [0.2, 0.25) is 0 Å². The molecular weight excluding hydrogens is 210 g/mol. The number of nitrogens with one attached hydrogen (secondary N) is 1. The van der Waals surface area contributed by atoms with Crippen molar-refractivity contribution in [2.45, 2.75) is 6.42 Å². The topological polar surface area (TPSA) is 21.3 Å². The van der Waals surface area contributed by atoms with Gasteiger partial charge >= 0.3 is 0 Å². The zero-order chi connectivity index (χ0) is 10.8. The summed E-state index contributed by atoms with van der Waals surface area (Å²) in [6.07, 6.45) is 1.07. The molecule has 0 fully saturated rings. The Bertz CT molecular complexity index is 241. The van der Waals surface area contributed by atoms with Gasteiger partial charge in [0.05, 0.1) is 13.2 Å². The molecule has 0 spiro atoms.